The summed E-state index contributed by atoms with van der Waals surface area (Å²) in [6.07, 6.45) is 12.5. The molecular formula is C63H108O26. The van der Waals surface area contributed by atoms with Crippen LogP contribution in [-0.4, -0.2) is 176 Å². The van der Waals surface area contributed by atoms with Gasteiger partial charge >= 0.3 is 54.8 Å². The number of hydrogen-bond donors (Lipinski definition) is 3. The molecule has 0 radical (unpaired) electrons. The molecule has 0 aliphatic heterocycles. The fourth-order valence-electron chi connectivity index (χ4n) is 6.88. The second-order valence-corrected chi connectivity index (χ2v) is 21.3. The van der Waals surface area contributed by atoms with Gasteiger partial charge in [-0.15, -0.1) is 0 Å². The van der Waals surface area contributed by atoms with Gasteiger partial charge in [-0.1, -0.05) is 61.3 Å². The average molecular weight is 1280 g/mol. The molecule has 0 aromatic rings. The van der Waals surface area contributed by atoms with Crippen LogP contribution in [0.1, 0.15) is 170 Å². The molecule has 3 N–H and O–H groups in total. The topological polar surface area (TPSA) is 344 Å². The summed E-state index contributed by atoms with van der Waals surface area (Å²) < 4.78 is 70.4. The Kier molecular flexibility index (Phi) is 60.9. The highest BCUT2D eigenvalue weighted by atomic mass is 16.7. The lowest BCUT2D eigenvalue weighted by Gasteiger charge is -2.13. The maximum absolute atomic E-state index is 11.8. The SMILES string of the molecule is C=CC(=O)O.C=CC(=O)OCCC(C)CCOC(=O)OCCCCCCOC(=O)OCCC(C)CCOC(=O)OCCC(C)CCOC(=O)C=C.CC(CCO)CCOC(=O)OCCCCCCOC(=O)OCCC(C)CCOC(=O)OCCC(C)CCO. The summed E-state index contributed by atoms with van der Waals surface area (Å²) in [4.78, 5) is 101. The highest BCUT2D eigenvalue weighted by Crippen LogP contribution is 2.14. The molecule has 0 saturated heterocycles. The van der Waals surface area contributed by atoms with E-state index in [4.69, 9.17) is 81.6 Å². The van der Waals surface area contributed by atoms with Crippen LogP contribution in [-0.2, 0) is 80.7 Å². The third-order valence-corrected chi connectivity index (χ3v) is 13.1. The minimum Gasteiger partial charge on any atom is -0.478 e. The van der Waals surface area contributed by atoms with E-state index in [2.05, 4.69) is 19.7 Å². The zero-order valence-corrected chi connectivity index (χ0v) is 54.0. The third kappa shape index (κ3) is 67.0. The van der Waals surface area contributed by atoms with Crippen molar-refractivity contribution in [2.75, 3.05) is 106 Å². The van der Waals surface area contributed by atoms with Crippen LogP contribution in [0.25, 0.3) is 0 Å². The van der Waals surface area contributed by atoms with Crippen LogP contribution >= 0.6 is 0 Å². The molecule has 0 aromatic heterocycles. The van der Waals surface area contributed by atoms with Crippen molar-refractivity contribution in [1.29, 1.82) is 0 Å². The summed E-state index contributed by atoms with van der Waals surface area (Å²) in [6.45, 7) is 25.2. The van der Waals surface area contributed by atoms with Crippen molar-refractivity contribution < 1.29 is 125 Å². The number of aliphatic hydroxyl groups excluding tert-OH is 2. The number of unbranched alkanes of at least 4 members (excludes halogenated alkanes) is 6. The first kappa shape index (κ1) is 86.4. The maximum atomic E-state index is 11.8. The Hall–Kier alpha value is -6.83. The number of carbonyl (C=O) groups excluding carboxylic acids is 8. The van der Waals surface area contributed by atoms with E-state index in [1.165, 1.54) is 0 Å². The Labute approximate surface area is 527 Å². The molecule has 26 heteroatoms. The molecule has 89 heavy (non-hydrogen) atoms. The molecule has 516 valence electrons. The van der Waals surface area contributed by atoms with Crippen LogP contribution in [0.15, 0.2) is 38.0 Å². The Morgan fingerprint density at radius 1 is 0.270 bits per heavy atom. The third-order valence-electron chi connectivity index (χ3n) is 13.1. The second-order valence-electron chi connectivity index (χ2n) is 21.3. The van der Waals surface area contributed by atoms with E-state index in [1.54, 1.807) is 0 Å². The Balaban J connectivity index is -0.00000156. The van der Waals surface area contributed by atoms with E-state index in [0.29, 0.717) is 115 Å². The molecule has 0 aliphatic rings. The van der Waals surface area contributed by atoms with Crippen LogP contribution in [0.4, 0.5) is 28.8 Å². The molecule has 0 spiro atoms. The summed E-state index contributed by atoms with van der Waals surface area (Å²) in [7, 11) is 0. The standard InChI is InChI=1S/C33H54O13.C27H50O11.C3H4O2/c1-6-29(34)39-20-12-26(3)14-22-43-31(36)41-18-10-8-9-11-19-42-32(37)44-23-16-28(5)17-25-46-33(38)45-24-15-27(4)13-21-40-30(35)7-2;1-22(8-14-28)10-18-35-25(30)33-16-6-4-5-7-17-34-26(31)36-20-12-24(3)13-21-38-27(32)37-19-11-23(2)9-15-29;1-2-3(4)5/h6-7,26-28H,1-2,8-25H2,3-5H3;22-24,28-29H,4-21H2,1-3H3;2H,1H2,(H,4,5). The van der Waals surface area contributed by atoms with Crippen molar-refractivity contribution in [3.8, 4) is 0 Å². The fourth-order valence-corrected chi connectivity index (χ4v) is 6.88. The minimum absolute atomic E-state index is 0.123. The molecule has 0 aliphatic carbocycles. The molecule has 0 amide bonds. The normalized spacial score (nSPS) is 12.4. The van der Waals surface area contributed by atoms with Crippen molar-refractivity contribution in [3.63, 3.8) is 0 Å². The van der Waals surface area contributed by atoms with Crippen LogP contribution in [0, 0.1) is 35.5 Å². The van der Waals surface area contributed by atoms with Gasteiger partial charge in [-0.05, 0) is 164 Å². The van der Waals surface area contributed by atoms with Crippen molar-refractivity contribution >= 4 is 54.8 Å². The van der Waals surface area contributed by atoms with Gasteiger partial charge < -0.3 is 81.6 Å². The monoisotopic (exact) mass is 1280 g/mol. The summed E-state index contributed by atoms with van der Waals surface area (Å²) in [5, 5.41) is 25.3. The summed E-state index contributed by atoms with van der Waals surface area (Å²) in [5.41, 5.74) is 0. The molecule has 0 bridgehead atoms. The van der Waals surface area contributed by atoms with E-state index >= 15 is 0 Å². The number of hydrogen-bond acceptors (Lipinski definition) is 25. The molecule has 6 unspecified atom stereocenters. The van der Waals surface area contributed by atoms with E-state index in [0.717, 1.165) is 43.9 Å². The van der Waals surface area contributed by atoms with Gasteiger partial charge in [-0.25, -0.2) is 43.2 Å². The van der Waals surface area contributed by atoms with Gasteiger partial charge in [0.1, 0.15) is 0 Å². The summed E-state index contributed by atoms with van der Waals surface area (Å²) in [6, 6.07) is 0. The van der Waals surface area contributed by atoms with Gasteiger partial charge in [-0.3, -0.25) is 0 Å². The largest absolute Gasteiger partial charge is 0.508 e. The van der Waals surface area contributed by atoms with Crippen LogP contribution in [0.5, 0.6) is 0 Å². The second kappa shape index (κ2) is 62.8. The number of ether oxygens (including phenoxy) is 14. The number of rotatable bonds is 51. The van der Waals surface area contributed by atoms with Gasteiger partial charge in [0.05, 0.1) is 92.5 Å². The van der Waals surface area contributed by atoms with Crippen molar-refractivity contribution in [1.82, 2.24) is 0 Å². The Bertz CT molecular complexity index is 1880. The average Bonchev–Trinajstić information content (AvgIpc) is 3.48. The van der Waals surface area contributed by atoms with Crippen LogP contribution in [0.3, 0.4) is 0 Å². The first-order valence-corrected chi connectivity index (χ1v) is 31.0. The lowest BCUT2D eigenvalue weighted by Crippen LogP contribution is -2.15. The minimum atomic E-state index is -0.981. The Morgan fingerprint density at radius 3 is 0.584 bits per heavy atom. The predicted octanol–water partition coefficient (Wildman–Crippen LogP) is 12.2. The fraction of sp³-hybridized carbons (Fsp3) is 0.762. The number of carboxylic acids is 1. The van der Waals surface area contributed by atoms with Crippen LogP contribution in [0.2, 0.25) is 0 Å². The van der Waals surface area contributed by atoms with Gasteiger partial charge in [-0.2, -0.15) is 0 Å². The lowest BCUT2D eigenvalue weighted by molar-refractivity contribution is -0.139. The summed E-state index contributed by atoms with van der Waals surface area (Å²) >= 11 is 0. The first-order valence-electron chi connectivity index (χ1n) is 31.0. The van der Waals surface area contributed by atoms with Crippen molar-refractivity contribution in [2.24, 2.45) is 35.5 Å². The molecule has 0 rings (SSSR count). The summed E-state index contributed by atoms with van der Waals surface area (Å²) in [5.74, 6) is -0.536. The lowest BCUT2D eigenvalue weighted by atomic mass is 10.1. The van der Waals surface area contributed by atoms with Crippen molar-refractivity contribution in [3.05, 3.63) is 38.0 Å². The maximum Gasteiger partial charge on any atom is 0.508 e. The smallest absolute Gasteiger partial charge is 0.478 e. The van der Waals surface area contributed by atoms with Gasteiger partial charge in [0.25, 0.3) is 0 Å². The van der Waals surface area contributed by atoms with E-state index < -0.39 is 54.8 Å². The number of aliphatic hydroxyl groups is 2. The number of carboxylic acid groups (broad SMARTS) is 1. The molecule has 0 saturated carbocycles. The molecule has 26 nitrogen and oxygen atoms in total. The number of aliphatic carboxylic acids is 1. The Morgan fingerprint density at radius 2 is 0.427 bits per heavy atom. The van der Waals surface area contributed by atoms with Crippen molar-refractivity contribution in [2.45, 2.75) is 170 Å². The number of esters is 2. The predicted molar refractivity (Wildman–Crippen MR) is 325 cm³/mol. The number of carbonyl (C=O) groups is 9. The molecule has 0 heterocycles. The molecule has 0 fully saturated rings. The molecular weight excluding hydrogens is 1170 g/mol. The van der Waals surface area contributed by atoms with Gasteiger partial charge in [0, 0.05) is 31.4 Å². The zero-order chi connectivity index (χ0) is 67.1. The first-order chi connectivity index (χ1) is 42.6. The van der Waals surface area contributed by atoms with Crippen LogP contribution < -0.4 is 0 Å². The van der Waals surface area contributed by atoms with E-state index in [1.807, 2.05) is 41.5 Å². The highest BCUT2D eigenvalue weighted by molar-refractivity contribution is 5.81. The highest BCUT2D eigenvalue weighted by Gasteiger charge is 2.15. The van der Waals surface area contributed by atoms with E-state index in [9.17, 15) is 43.2 Å². The van der Waals surface area contributed by atoms with E-state index in [-0.39, 0.29) is 129 Å². The quantitative estimate of drug-likeness (QED) is 0.0220. The van der Waals surface area contributed by atoms with Gasteiger partial charge in [0.15, 0.2) is 0 Å². The van der Waals surface area contributed by atoms with Gasteiger partial charge in [0.2, 0.25) is 0 Å². The zero-order valence-electron chi connectivity index (χ0n) is 54.0. The molecule has 6 atom stereocenters. The molecule has 0 aromatic carbocycles.